The van der Waals surface area contributed by atoms with Crippen LogP contribution in [0.3, 0.4) is 0 Å². The van der Waals surface area contributed by atoms with Gasteiger partial charge in [0.1, 0.15) is 6.42 Å². The number of hydrogen-bond acceptors (Lipinski definition) is 3. The number of primary amides is 1. The summed E-state index contributed by atoms with van der Waals surface area (Å²) in [6, 6.07) is 0. The van der Waals surface area contributed by atoms with Gasteiger partial charge in [-0.2, -0.15) is 0 Å². The molecular formula is C4H8NO3P. The summed E-state index contributed by atoms with van der Waals surface area (Å²) < 4.78 is 4.44. The Balaban J connectivity index is 3.39. The van der Waals surface area contributed by atoms with Gasteiger partial charge in [-0.3, -0.25) is 9.59 Å². The van der Waals surface area contributed by atoms with Crippen LogP contribution in [0.25, 0.3) is 0 Å². The van der Waals surface area contributed by atoms with Crippen molar-refractivity contribution in [1.82, 2.24) is 0 Å². The van der Waals surface area contributed by atoms with Crippen molar-refractivity contribution >= 4 is 20.7 Å². The second-order valence-electron chi connectivity index (χ2n) is 1.32. The summed E-state index contributed by atoms with van der Waals surface area (Å²) in [5.74, 6) is -1.21. The van der Waals surface area contributed by atoms with Gasteiger partial charge in [0.15, 0.2) is 0 Å². The molecular weight excluding hydrogens is 141 g/mol. The fourth-order valence-electron chi connectivity index (χ4n) is 0.292. The van der Waals surface area contributed by atoms with Gasteiger partial charge < -0.3 is 10.3 Å². The average molecular weight is 149 g/mol. The number of hydrogen-bond donors (Lipinski definition) is 1. The van der Waals surface area contributed by atoms with Gasteiger partial charge in [-0.15, -0.1) is 0 Å². The van der Waals surface area contributed by atoms with E-state index in [1.807, 2.05) is 0 Å². The summed E-state index contributed by atoms with van der Waals surface area (Å²) in [6.07, 6.45) is -0.319. The van der Waals surface area contributed by atoms with Crippen molar-refractivity contribution in [1.29, 1.82) is 0 Å². The Morgan fingerprint density at radius 1 is 1.67 bits per heavy atom. The molecule has 0 saturated heterocycles. The van der Waals surface area contributed by atoms with E-state index in [2.05, 4.69) is 10.3 Å². The second-order valence-corrected chi connectivity index (χ2v) is 1.93. The van der Waals surface area contributed by atoms with E-state index in [1.54, 1.807) is 6.66 Å². The Labute approximate surface area is 54.6 Å². The van der Waals surface area contributed by atoms with Crippen molar-refractivity contribution in [3.63, 3.8) is 0 Å². The van der Waals surface area contributed by atoms with E-state index >= 15 is 0 Å². The number of amides is 1. The molecule has 0 aliphatic carbocycles. The maximum atomic E-state index is 10.3. The van der Waals surface area contributed by atoms with E-state index < -0.39 is 11.9 Å². The largest absolute Gasteiger partial charge is 0.448 e. The van der Waals surface area contributed by atoms with Crippen molar-refractivity contribution < 1.29 is 14.1 Å². The van der Waals surface area contributed by atoms with Crippen molar-refractivity contribution in [2.45, 2.75) is 6.42 Å². The Kier molecular flexibility index (Phi) is 3.97. The minimum Gasteiger partial charge on any atom is -0.448 e. The quantitative estimate of drug-likeness (QED) is 0.439. The molecule has 5 heteroatoms. The predicted molar refractivity (Wildman–Crippen MR) is 34.1 cm³/mol. The maximum absolute atomic E-state index is 10.3. The van der Waals surface area contributed by atoms with E-state index in [0.29, 0.717) is 0 Å². The first-order chi connectivity index (χ1) is 4.16. The standard InChI is InChI=1S/C4H8NO3P/c1-9-8-4(7)2-3(5)6/h9H,2H2,1H3,(H2,5,6). The normalized spacial score (nSPS) is 9.89. The third-order valence-corrected chi connectivity index (χ3v) is 0.966. The van der Waals surface area contributed by atoms with Crippen LogP contribution >= 0.6 is 8.81 Å². The number of carbonyl (C=O) groups excluding carboxylic acids is 2. The lowest BCUT2D eigenvalue weighted by Crippen LogP contribution is -2.16. The van der Waals surface area contributed by atoms with E-state index in [1.165, 1.54) is 0 Å². The van der Waals surface area contributed by atoms with E-state index in [0.717, 1.165) is 0 Å². The van der Waals surface area contributed by atoms with Gasteiger partial charge in [0.05, 0.1) is 8.81 Å². The Morgan fingerprint density at radius 2 is 2.22 bits per heavy atom. The van der Waals surface area contributed by atoms with Gasteiger partial charge in [0.2, 0.25) is 5.91 Å². The van der Waals surface area contributed by atoms with E-state index in [9.17, 15) is 9.59 Å². The topological polar surface area (TPSA) is 69.4 Å². The Bertz CT molecular complexity index is 125. The van der Waals surface area contributed by atoms with Crippen LogP contribution in [0.2, 0.25) is 0 Å². The van der Waals surface area contributed by atoms with Crippen molar-refractivity contribution in [2.75, 3.05) is 6.66 Å². The summed E-state index contributed by atoms with van der Waals surface area (Å²) in [6.45, 7) is 1.69. The summed E-state index contributed by atoms with van der Waals surface area (Å²) in [4.78, 5) is 20.3. The zero-order chi connectivity index (χ0) is 7.28. The molecule has 2 N–H and O–H groups in total. The molecule has 0 spiro atoms. The molecule has 52 valence electrons. The third-order valence-electron chi connectivity index (χ3n) is 0.534. The van der Waals surface area contributed by atoms with Gasteiger partial charge in [-0.25, -0.2) is 0 Å². The third kappa shape index (κ3) is 5.24. The van der Waals surface area contributed by atoms with Gasteiger partial charge in [-0.1, -0.05) is 0 Å². The van der Waals surface area contributed by atoms with Crippen LogP contribution in [0.15, 0.2) is 0 Å². The summed E-state index contributed by atoms with van der Waals surface area (Å²) in [5, 5.41) is 0. The lowest BCUT2D eigenvalue weighted by Gasteiger charge is -1.95. The molecule has 1 unspecified atom stereocenters. The second kappa shape index (κ2) is 4.27. The minimum absolute atomic E-state index is 0.0803. The van der Waals surface area contributed by atoms with Crippen LogP contribution in [0.1, 0.15) is 6.42 Å². The Morgan fingerprint density at radius 3 is 2.56 bits per heavy atom. The van der Waals surface area contributed by atoms with Gasteiger partial charge in [0.25, 0.3) is 0 Å². The first kappa shape index (κ1) is 8.37. The molecule has 0 fully saturated rings. The van der Waals surface area contributed by atoms with Crippen molar-refractivity contribution in [3.8, 4) is 0 Å². The molecule has 1 atom stereocenters. The number of nitrogens with two attached hydrogens (primary N) is 1. The monoisotopic (exact) mass is 149 g/mol. The predicted octanol–water partition coefficient (Wildman–Crippen LogP) is -0.372. The highest BCUT2D eigenvalue weighted by atomic mass is 31.1. The van der Waals surface area contributed by atoms with Gasteiger partial charge >= 0.3 is 5.97 Å². The molecule has 4 nitrogen and oxygen atoms in total. The fraction of sp³-hybridized carbons (Fsp3) is 0.500. The molecule has 0 aromatic heterocycles. The van der Waals surface area contributed by atoms with Crippen LogP contribution in [-0.2, 0) is 14.1 Å². The van der Waals surface area contributed by atoms with Gasteiger partial charge in [0, 0.05) is 0 Å². The molecule has 9 heavy (non-hydrogen) atoms. The molecule has 1 amide bonds. The summed E-state index contributed by atoms with van der Waals surface area (Å²) >= 11 is 0. The van der Waals surface area contributed by atoms with Crippen LogP contribution in [0.4, 0.5) is 0 Å². The first-order valence-corrected chi connectivity index (χ1v) is 3.72. The molecule has 0 aliphatic heterocycles. The smallest absolute Gasteiger partial charge is 0.317 e. The van der Waals surface area contributed by atoms with Crippen molar-refractivity contribution in [3.05, 3.63) is 0 Å². The zero-order valence-electron chi connectivity index (χ0n) is 5.01. The number of rotatable bonds is 3. The first-order valence-electron chi connectivity index (χ1n) is 2.31. The maximum Gasteiger partial charge on any atom is 0.317 e. The molecule has 0 heterocycles. The SMILES string of the molecule is CPOC(=O)CC(N)=O. The van der Waals surface area contributed by atoms with Crippen LogP contribution < -0.4 is 5.73 Å². The van der Waals surface area contributed by atoms with Crippen LogP contribution in [0.5, 0.6) is 0 Å². The average Bonchev–Trinajstić information content (AvgIpc) is 1.63. The zero-order valence-corrected chi connectivity index (χ0v) is 6.01. The van der Waals surface area contributed by atoms with Crippen molar-refractivity contribution in [2.24, 2.45) is 5.73 Å². The molecule has 0 aromatic carbocycles. The lowest BCUT2D eigenvalue weighted by atomic mass is 10.4. The van der Waals surface area contributed by atoms with E-state index in [-0.39, 0.29) is 15.2 Å². The molecule has 0 radical (unpaired) electrons. The molecule has 0 rings (SSSR count). The van der Waals surface area contributed by atoms with Gasteiger partial charge in [-0.05, 0) is 6.66 Å². The highest BCUT2D eigenvalue weighted by Gasteiger charge is 2.04. The summed E-state index contributed by atoms with van der Waals surface area (Å²) in [5.41, 5.74) is 4.69. The fourth-order valence-corrected chi connectivity index (χ4v) is 0.592. The lowest BCUT2D eigenvalue weighted by molar-refractivity contribution is -0.136. The number of carbonyl (C=O) groups is 2. The van der Waals surface area contributed by atoms with Crippen LogP contribution in [-0.4, -0.2) is 18.5 Å². The Hall–Kier alpha value is -0.630. The molecule has 0 bridgehead atoms. The molecule has 0 aliphatic rings. The molecule has 0 saturated carbocycles. The molecule has 0 aromatic rings. The van der Waals surface area contributed by atoms with Crippen LogP contribution in [0, 0.1) is 0 Å². The minimum atomic E-state index is -0.654. The highest BCUT2D eigenvalue weighted by Crippen LogP contribution is 2.04. The van der Waals surface area contributed by atoms with E-state index in [4.69, 9.17) is 0 Å². The highest BCUT2D eigenvalue weighted by molar-refractivity contribution is 7.31. The summed E-state index contributed by atoms with van der Waals surface area (Å²) in [7, 11) is 0.0803.